The van der Waals surface area contributed by atoms with Gasteiger partial charge in [0.15, 0.2) is 0 Å². The molecule has 0 aromatic heterocycles. The van der Waals surface area contributed by atoms with Crippen LogP contribution in [0.2, 0.25) is 0 Å². The molecule has 19 heavy (non-hydrogen) atoms. The van der Waals surface area contributed by atoms with Gasteiger partial charge in [-0.3, -0.25) is 4.79 Å². The Kier molecular flexibility index (Phi) is 3.91. The van der Waals surface area contributed by atoms with Crippen molar-refractivity contribution in [1.29, 1.82) is 5.26 Å². The third-order valence-electron chi connectivity index (χ3n) is 3.45. The van der Waals surface area contributed by atoms with Gasteiger partial charge in [0.25, 0.3) is 5.91 Å². The number of amides is 1. The van der Waals surface area contributed by atoms with Crippen molar-refractivity contribution in [2.45, 2.75) is 12.8 Å². The minimum atomic E-state index is -0.0327. The van der Waals surface area contributed by atoms with E-state index in [1.165, 1.54) is 7.11 Å². The fraction of sp³-hybridized carbons (Fsp3) is 0.429. The minimum Gasteiger partial charge on any atom is -0.495 e. The van der Waals surface area contributed by atoms with Crippen LogP contribution in [0.4, 0.5) is 5.69 Å². The van der Waals surface area contributed by atoms with Crippen LogP contribution in [0.1, 0.15) is 23.2 Å². The maximum absolute atomic E-state index is 12.3. The summed E-state index contributed by atoms with van der Waals surface area (Å²) in [4.78, 5) is 14.1. The molecule has 2 N–H and O–H groups in total. The number of piperidine rings is 1. The molecule has 0 atom stereocenters. The summed E-state index contributed by atoms with van der Waals surface area (Å²) in [6.07, 6.45) is 1.49. The van der Waals surface area contributed by atoms with Crippen molar-refractivity contribution in [3.63, 3.8) is 0 Å². The fourth-order valence-electron chi connectivity index (χ4n) is 2.24. The highest BCUT2D eigenvalue weighted by atomic mass is 16.5. The molecule has 1 aromatic carbocycles. The molecule has 0 radical (unpaired) electrons. The molecule has 0 saturated carbocycles. The van der Waals surface area contributed by atoms with E-state index in [0.717, 1.165) is 12.8 Å². The smallest absolute Gasteiger partial charge is 0.253 e. The number of likely N-dealkylation sites (tertiary alicyclic amines) is 1. The van der Waals surface area contributed by atoms with Gasteiger partial charge >= 0.3 is 0 Å². The van der Waals surface area contributed by atoms with Crippen LogP contribution in [-0.4, -0.2) is 31.0 Å². The normalized spacial score (nSPS) is 15.9. The molecule has 5 heteroatoms. The van der Waals surface area contributed by atoms with Crippen LogP contribution in [0.5, 0.6) is 5.75 Å². The van der Waals surface area contributed by atoms with Gasteiger partial charge < -0.3 is 15.4 Å². The number of nitrogens with zero attached hydrogens (tertiary/aromatic N) is 2. The molecule has 1 aliphatic rings. The quantitative estimate of drug-likeness (QED) is 0.819. The van der Waals surface area contributed by atoms with E-state index in [1.807, 2.05) is 0 Å². The molecular formula is C14H17N3O2. The average molecular weight is 259 g/mol. The van der Waals surface area contributed by atoms with Gasteiger partial charge in [-0.25, -0.2) is 0 Å². The Morgan fingerprint density at radius 3 is 2.74 bits per heavy atom. The fourth-order valence-corrected chi connectivity index (χ4v) is 2.24. The zero-order valence-corrected chi connectivity index (χ0v) is 10.9. The summed E-state index contributed by atoms with van der Waals surface area (Å²) in [6.45, 7) is 1.26. The van der Waals surface area contributed by atoms with Crippen LogP contribution in [-0.2, 0) is 0 Å². The molecule has 0 spiro atoms. The van der Waals surface area contributed by atoms with Gasteiger partial charge in [-0.15, -0.1) is 0 Å². The van der Waals surface area contributed by atoms with Gasteiger partial charge in [0.1, 0.15) is 5.75 Å². The van der Waals surface area contributed by atoms with E-state index in [0.29, 0.717) is 30.1 Å². The number of hydrogen-bond donors (Lipinski definition) is 1. The van der Waals surface area contributed by atoms with E-state index < -0.39 is 0 Å². The lowest BCUT2D eigenvalue weighted by molar-refractivity contribution is 0.0707. The first-order valence-corrected chi connectivity index (χ1v) is 6.28. The molecule has 0 aliphatic carbocycles. The summed E-state index contributed by atoms with van der Waals surface area (Å²) in [5, 5.41) is 8.85. The van der Waals surface area contributed by atoms with Crippen molar-refractivity contribution < 1.29 is 9.53 Å². The van der Waals surface area contributed by atoms with Gasteiger partial charge in [0.05, 0.1) is 18.9 Å². The molecule has 1 saturated heterocycles. The third-order valence-corrected chi connectivity index (χ3v) is 3.45. The van der Waals surface area contributed by atoms with Crippen molar-refractivity contribution in [1.82, 2.24) is 4.90 Å². The average Bonchev–Trinajstić information content (AvgIpc) is 2.47. The predicted molar refractivity (Wildman–Crippen MR) is 71.6 cm³/mol. The van der Waals surface area contributed by atoms with E-state index in [-0.39, 0.29) is 11.8 Å². The number of nitrogen functional groups attached to an aromatic ring is 1. The second kappa shape index (κ2) is 5.61. The number of benzene rings is 1. The van der Waals surface area contributed by atoms with E-state index in [9.17, 15) is 4.79 Å². The van der Waals surface area contributed by atoms with Crippen LogP contribution in [0, 0.1) is 17.2 Å². The number of anilines is 1. The molecule has 1 aromatic rings. The number of carbonyl (C=O) groups is 1. The number of nitrogens with two attached hydrogens (primary N) is 1. The van der Waals surface area contributed by atoms with E-state index >= 15 is 0 Å². The Balaban J connectivity index is 2.10. The molecular weight excluding hydrogens is 242 g/mol. The molecule has 5 nitrogen and oxygen atoms in total. The van der Waals surface area contributed by atoms with Crippen LogP contribution >= 0.6 is 0 Å². The van der Waals surface area contributed by atoms with E-state index in [2.05, 4.69) is 6.07 Å². The Morgan fingerprint density at radius 1 is 1.47 bits per heavy atom. The summed E-state index contributed by atoms with van der Waals surface area (Å²) >= 11 is 0. The van der Waals surface area contributed by atoms with Gasteiger partial charge in [0.2, 0.25) is 0 Å². The van der Waals surface area contributed by atoms with Crippen molar-refractivity contribution in [2.24, 2.45) is 5.92 Å². The maximum atomic E-state index is 12.3. The van der Waals surface area contributed by atoms with Crippen molar-refractivity contribution in [2.75, 3.05) is 25.9 Å². The summed E-state index contributed by atoms with van der Waals surface area (Å²) in [5.41, 5.74) is 6.82. The number of rotatable bonds is 2. The van der Waals surface area contributed by atoms with Crippen LogP contribution in [0.25, 0.3) is 0 Å². The second-order valence-electron chi connectivity index (χ2n) is 4.65. The molecule has 1 fully saturated rings. The molecule has 100 valence electrons. The summed E-state index contributed by atoms with van der Waals surface area (Å²) in [5.74, 6) is 0.553. The standard InChI is InChI=1S/C14H17N3O2/c1-19-13-8-11(2-3-12(13)16)14(18)17-6-4-10(9-15)5-7-17/h2-3,8,10H,4-7,16H2,1H3. The Bertz CT molecular complexity index is 514. The first-order valence-electron chi connectivity index (χ1n) is 6.28. The maximum Gasteiger partial charge on any atom is 0.253 e. The Hall–Kier alpha value is -2.22. The largest absolute Gasteiger partial charge is 0.495 e. The number of ether oxygens (including phenoxy) is 1. The highest BCUT2D eigenvalue weighted by Gasteiger charge is 2.23. The Morgan fingerprint density at radius 2 is 2.16 bits per heavy atom. The van der Waals surface area contributed by atoms with Gasteiger partial charge in [-0.05, 0) is 31.0 Å². The number of carbonyl (C=O) groups excluding carboxylic acids is 1. The van der Waals surface area contributed by atoms with Gasteiger partial charge in [-0.2, -0.15) is 5.26 Å². The molecule has 1 aliphatic heterocycles. The lowest BCUT2D eigenvalue weighted by atomic mass is 9.98. The van der Waals surface area contributed by atoms with Gasteiger partial charge in [-0.1, -0.05) is 0 Å². The van der Waals surface area contributed by atoms with Crippen LogP contribution in [0.3, 0.4) is 0 Å². The number of methoxy groups -OCH3 is 1. The van der Waals surface area contributed by atoms with E-state index in [1.54, 1.807) is 23.1 Å². The monoisotopic (exact) mass is 259 g/mol. The third kappa shape index (κ3) is 2.79. The summed E-state index contributed by atoms with van der Waals surface area (Å²) in [6, 6.07) is 7.29. The zero-order chi connectivity index (χ0) is 13.8. The topological polar surface area (TPSA) is 79.3 Å². The Labute approximate surface area is 112 Å². The first-order chi connectivity index (χ1) is 9.15. The number of hydrogen-bond acceptors (Lipinski definition) is 4. The molecule has 1 amide bonds. The van der Waals surface area contributed by atoms with Crippen molar-refractivity contribution >= 4 is 11.6 Å². The molecule has 0 unspecified atom stereocenters. The molecule has 1 heterocycles. The highest BCUT2D eigenvalue weighted by molar-refractivity contribution is 5.95. The lowest BCUT2D eigenvalue weighted by Gasteiger charge is -2.29. The first kappa shape index (κ1) is 13.2. The predicted octanol–water partition coefficient (Wildman–Crippen LogP) is 1.65. The van der Waals surface area contributed by atoms with Gasteiger partial charge in [0, 0.05) is 24.6 Å². The summed E-state index contributed by atoms with van der Waals surface area (Å²) < 4.78 is 5.12. The highest BCUT2D eigenvalue weighted by Crippen LogP contribution is 2.24. The molecule has 0 bridgehead atoms. The van der Waals surface area contributed by atoms with E-state index in [4.69, 9.17) is 15.7 Å². The minimum absolute atomic E-state index is 0.0327. The molecule has 2 rings (SSSR count). The zero-order valence-electron chi connectivity index (χ0n) is 10.9. The van der Waals surface area contributed by atoms with Crippen LogP contribution in [0.15, 0.2) is 18.2 Å². The number of nitriles is 1. The van der Waals surface area contributed by atoms with Crippen molar-refractivity contribution in [3.8, 4) is 11.8 Å². The van der Waals surface area contributed by atoms with Crippen LogP contribution < -0.4 is 10.5 Å². The summed E-state index contributed by atoms with van der Waals surface area (Å²) in [7, 11) is 1.53. The lowest BCUT2D eigenvalue weighted by Crippen LogP contribution is -2.38. The van der Waals surface area contributed by atoms with Crippen molar-refractivity contribution in [3.05, 3.63) is 23.8 Å². The second-order valence-corrected chi connectivity index (χ2v) is 4.65. The SMILES string of the molecule is COc1cc(C(=O)N2CCC(C#N)CC2)ccc1N.